The maximum atomic E-state index is 12.8. The Hall–Kier alpha value is -2.54. The first-order valence-corrected chi connectivity index (χ1v) is 9.88. The van der Waals surface area contributed by atoms with Crippen molar-refractivity contribution in [3.63, 3.8) is 0 Å². The molecule has 26 heavy (non-hydrogen) atoms. The summed E-state index contributed by atoms with van der Waals surface area (Å²) in [4.78, 5) is 14.4. The molecule has 0 unspecified atom stereocenters. The van der Waals surface area contributed by atoms with Crippen LogP contribution in [0.3, 0.4) is 0 Å². The zero-order valence-corrected chi connectivity index (χ0v) is 16.3. The highest BCUT2D eigenvalue weighted by Crippen LogP contribution is 2.25. The molecule has 6 nitrogen and oxygen atoms in total. The van der Waals surface area contributed by atoms with Gasteiger partial charge in [-0.15, -0.1) is 0 Å². The topological polar surface area (TPSA) is 75.7 Å². The number of sulfonamides is 1. The largest absolute Gasteiger partial charge is 0.496 e. The van der Waals surface area contributed by atoms with Gasteiger partial charge in [0.15, 0.2) is 0 Å². The Balaban J connectivity index is 2.39. The number of para-hydroxylation sites is 1. The van der Waals surface area contributed by atoms with Gasteiger partial charge in [-0.1, -0.05) is 12.1 Å². The molecule has 0 aliphatic heterocycles. The van der Waals surface area contributed by atoms with Crippen LogP contribution in [0.1, 0.15) is 29.8 Å². The number of hydrogen-bond donors (Lipinski definition) is 1. The Morgan fingerprint density at radius 1 is 1.12 bits per heavy atom. The van der Waals surface area contributed by atoms with E-state index in [9.17, 15) is 13.2 Å². The fraction of sp³-hybridized carbons (Fsp3) is 0.316. The molecule has 140 valence electrons. The van der Waals surface area contributed by atoms with E-state index >= 15 is 0 Å². The van der Waals surface area contributed by atoms with E-state index in [0.29, 0.717) is 30.0 Å². The van der Waals surface area contributed by atoms with E-state index in [1.807, 2.05) is 13.8 Å². The summed E-state index contributed by atoms with van der Waals surface area (Å²) < 4.78 is 33.2. The van der Waals surface area contributed by atoms with Gasteiger partial charge in [0.05, 0.1) is 23.3 Å². The number of carbonyl (C=O) groups is 1. The molecule has 0 aliphatic rings. The molecule has 0 radical (unpaired) electrons. The predicted molar refractivity (Wildman–Crippen MR) is 102 cm³/mol. The summed E-state index contributed by atoms with van der Waals surface area (Å²) in [6.45, 7) is 6.64. The van der Waals surface area contributed by atoms with Crippen LogP contribution >= 0.6 is 0 Å². The fourth-order valence-electron chi connectivity index (χ4n) is 2.66. The van der Waals surface area contributed by atoms with Crippen LogP contribution in [0.4, 0.5) is 5.69 Å². The van der Waals surface area contributed by atoms with Gasteiger partial charge in [-0.05, 0) is 56.7 Å². The lowest BCUT2D eigenvalue weighted by molar-refractivity contribution is 0.0774. The monoisotopic (exact) mass is 376 g/mol. The second-order valence-electron chi connectivity index (χ2n) is 5.76. The summed E-state index contributed by atoms with van der Waals surface area (Å²) in [5.41, 5.74) is 1.30. The normalized spacial score (nSPS) is 11.1. The molecule has 0 heterocycles. The summed E-state index contributed by atoms with van der Waals surface area (Å²) in [5.74, 6) is 0.403. The summed E-state index contributed by atoms with van der Waals surface area (Å²) in [7, 11) is -2.30. The van der Waals surface area contributed by atoms with Crippen molar-refractivity contribution in [3.8, 4) is 5.75 Å². The molecule has 0 spiro atoms. The van der Waals surface area contributed by atoms with Crippen molar-refractivity contribution in [2.75, 3.05) is 24.9 Å². The first kappa shape index (κ1) is 19.8. The first-order chi connectivity index (χ1) is 12.3. The lowest BCUT2D eigenvalue weighted by Crippen LogP contribution is -2.31. The molecule has 0 fully saturated rings. The van der Waals surface area contributed by atoms with Crippen molar-refractivity contribution in [2.45, 2.75) is 25.7 Å². The van der Waals surface area contributed by atoms with Gasteiger partial charge in [-0.3, -0.25) is 9.52 Å². The number of nitrogens with zero attached hydrogens (tertiary/aromatic N) is 1. The maximum absolute atomic E-state index is 12.8. The van der Waals surface area contributed by atoms with Gasteiger partial charge in [0, 0.05) is 13.1 Å². The van der Waals surface area contributed by atoms with E-state index in [4.69, 9.17) is 4.74 Å². The first-order valence-electron chi connectivity index (χ1n) is 8.39. The third-order valence-corrected chi connectivity index (χ3v) is 5.49. The highest BCUT2D eigenvalue weighted by Gasteiger charge is 2.21. The van der Waals surface area contributed by atoms with Gasteiger partial charge in [0.2, 0.25) is 0 Å². The number of methoxy groups -OCH3 is 1. The molecule has 2 aromatic rings. The molecule has 0 bridgehead atoms. The average Bonchev–Trinajstić information content (AvgIpc) is 2.62. The van der Waals surface area contributed by atoms with Gasteiger partial charge >= 0.3 is 0 Å². The molecule has 0 saturated carbocycles. The minimum atomic E-state index is -3.83. The van der Waals surface area contributed by atoms with Crippen LogP contribution in [0.15, 0.2) is 47.4 Å². The van der Waals surface area contributed by atoms with Crippen LogP contribution < -0.4 is 9.46 Å². The van der Waals surface area contributed by atoms with Crippen molar-refractivity contribution in [1.29, 1.82) is 0 Å². The molecule has 2 rings (SSSR count). The number of carbonyl (C=O) groups excluding carboxylic acids is 1. The van der Waals surface area contributed by atoms with Crippen LogP contribution in [-0.4, -0.2) is 39.4 Å². The highest BCUT2D eigenvalue weighted by atomic mass is 32.2. The molecule has 0 aromatic heterocycles. The Labute approximate surface area is 154 Å². The summed E-state index contributed by atoms with van der Waals surface area (Å²) in [5, 5.41) is 0. The van der Waals surface area contributed by atoms with Crippen molar-refractivity contribution >= 4 is 21.6 Å². The van der Waals surface area contributed by atoms with Crippen LogP contribution in [0.2, 0.25) is 0 Å². The van der Waals surface area contributed by atoms with Gasteiger partial charge in [0.25, 0.3) is 15.9 Å². The van der Waals surface area contributed by atoms with E-state index in [1.54, 1.807) is 42.2 Å². The number of hydrogen-bond acceptors (Lipinski definition) is 4. The Kier molecular flexibility index (Phi) is 6.26. The van der Waals surface area contributed by atoms with Crippen LogP contribution in [0, 0.1) is 6.92 Å². The number of benzene rings is 2. The van der Waals surface area contributed by atoms with Crippen LogP contribution in [-0.2, 0) is 10.0 Å². The number of rotatable bonds is 7. The standard InChI is InChI=1S/C19H24N2O4S/c1-5-21(6-2)19(22)16-9-7-8-10-17(16)20-26(23,24)15-11-12-18(25-4)14(3)13-15/h7-13,20H,5-6H2,1-4H3. The molecular weight excluding hydrogens is 352 g/mol. The maximum Gasteiger partial charge on any atom is 0.261 e. The lowest BCUT2D eigenvalue weighted by Gasteiger charge is -2.20. The Morgan fingerprint density at radius 3 is 2.35 bits per heavy atom. The quantitative estimate of drug-likeness (QED) is 0.805. The third-order valence-electron chi connectivity index (χ3n) is 4.13. The molecule has 0 aliphatic carbocycles. The predicted octanol–water partition coefficient (Wildman–Crippen LogP) is 3.29. The summed E-state index contributed by atoms with van der Waals surface area (Å²) >= 11 is 0. The van der Waals surface area contributed by atoms with E-state index in [0.717, 1.165) is 0 Å². The van der Waals surface area contributed by atoms with Gasteiger partial charge in [-0.25, -0.2) is 8.42 Å². The van der Waals surface area contributed by atoms with Crippen molar-refractivity contribution in [1.82, 2.24) is 4.90 Å². The lowest BCUT2D eigenvalue weighted by atomic mass is 10.1. The molecule has 1 N–H and O–H groups in total. The molecule has 2 aromatic carbocycles. The molecule has 0 atom stereocenters. The van der Waals surface area contributed by atoms with E-state index in [1.165, 1.54) is 19.2 Å². The summed E-state index contributed by atoms with van der Waals surface area (Å²) in [6, 6.07) is 11.2. The minimum Gasteiger partial charge on any atom is -0.496 e. The second kappa shape index (κ2) is 8.23. The SMILES string of the molecule is CCN(CC)C(=O)c1ccccc1NS(=O)(=O)c1ccc(OC)c(C)c1. The molecule has 7 heteroatoms. The Morgan fingerprint density at radius 2 is 1.77 bits per heavy atom. The molecular formula is C19H24N2O4S. The van der Waals surface area contributed by atoms with Crippen molar-refractivity contribution < 1.29 is 17.9 Å². The van der Waals surface area contributed by atoms with Crippen molar-refractivity contribution in [2.24, 2.45) is 0 Å². The second-order valence-corrected chi connectivity index (χ2v) is 7.44. The zero-order chi connectivity index (χ0) is 19.3. The van der Waals surface area contributed by atoms with Gasteiger partial charge < -0.3 is 9.64 Å². The van der Waals surface area contributed by atoms with Gasteiger partial charge in [-0.2, -0.15) is 0 Å². The molecule has 0 saturated heterocycles. The van der Waals surface area contributed by atoms with Crippen molar-refractivity contribution in [3.05, 3.63) is 53.6 Å². The zero-order valence-electron chi connectivity index (χ0n) is 15.4. The van der Waals surface area contributed by atoms with E-state index in [2.05, 4.69) is 4.72 Å². The highest BCUT2D eigenvalue weighted by molar-refractivity contribution is 7.92. The number of nitrogens with one attached hydrogen (secondary N) is 1. The average molecular weight is 376 g/mol. The fourth-order valence-corrected chi connectivity index (χ4v) is 3.83. The number of anilines is 1. The number of ether oxygens (including phenoxy) is 1. The molecule has 1 amide bonds. The van der Waals surface area contributed by atoms with E-state index < -0.39 is 10.0 Å². The van der Waals surface area contributed by atoms with Gasteiger partial charge in [0.1, 0.15) is 5.75 Å². The smallest absolute Gasteiger partial charge is 0.261 e. The third kappa shape index (κ3) is 4.16. The number of amides is 1. The van der Waals surface area contributed by atoms with E-state index in [-0.39, 0.29) is 16.5 Å². The number of aryl methyl sites for hydroxylation is 1. The van der Waals surface area contributed by atoms with Crippen LogP contribution in [0.25, 0.3) is 0 Å². The van der Waals surface area contributed by atoms with Crippen LogP contribution in [0.5, 0.6) is 5.75 Å². The Bertz CT molecular complexity index is 890. The summed E-state index contributed by atoms with van der Waals surface area (Å²) in [6.07, 6.45) is 0. The minimum absolute atomic E-state index is 0.112.